The van der Waals surface area contributed by atoms with Crippen molar-refractivity contribution in [2.24, 2.45) is 5.92 Å². The molecular formula is C12H17N3O3. The van der Waals surface area contributed by atoms with E-state index >= 15 is 0 Å². The number of hydrogen-bond acceptors (Lipinski definition) is 4. The molecule has 6 nitrogen and oxygen atoms in total. The zero-order valence-corrected chi connectivity index (χ0v) is 10.5. The summed E-state index contributed by atoms with van der Waals surface area (Å²) in [5, 5.41) is 11.8. The van der Waals surface area contributed by atoms with Gasteiger partial charge in [0.1, 0.15) is 0 Å². The van der Waals surface area contributed by atoms with Crippen molar-refractivity contribution in [2.45, 2.75) is 38.8 Å². The quantitative estimate of drug-likeness (QED) is 0.818. The van der Waals surface area contributed by atoms with Crippen LogP contribution in [0.25, 0.3) is 0 Å². The van der Waals surface area contributed by atoms with Crippen molar-refractivity contribution >= 4 is 11.8 Å². The van der Waals surface area contributed by atoms with Crippen molar-refractivity contribution < 1.29 is 9.90 Å². The van der Waals surface area contributed by atoms with Gasteiger partial charge in [-0.05, 0) is 26.7 Å². The van der Waals surface area contributed by atoms with Crippen LogP contribution in [0.5, 0.6) is 0 Å². The van der Waals surface area contributed by atoms with Gasteiger partial charge in [0.05, 0.1) is 5.92 Å². The second-order valence-corrected chi connectivity index (χ2v) is 4.78. The number of aliphatic carboxylic acids is 1. The van der Waals surface area contributed by atoms with Gasteiger partial charge in [-0.3, -0.25) is 9.59 Å². The summed E-state index contributed by atoms with van der Waals surface area (Å²) in [7, 11) is 0. The fraction of sp³-hybridized carbons (Fsp3) is 0.583. The topological polar surface area (TPSA) is 84.2 Å². The minimum absolute atomic E-state index is 0.176. The molecule has 0 aliphatic heterocycles. The largest absolute Gasteiger partial charge is 0.481 e. The highest BCUT2D eigenvalue weighted by molar-refractivity contribution is 5.70. The first-order chi connectivity index (χ1) is 8.50. The van der Waals surface area contributed by atoms with Gasteiger partial charge in [0.15, 0.2) is 5.82 Å². The Morgan fingerprint density at radius 1 is 1.56 bits per heavy atom. The van der Waals surface area contributed by atoms with Crippen LogP contribution < -0.4 is 10.9 Å². The van der Waals surface area contributed by atoms with E-state index in [0.29, 0.717) is 0 Å². The Bertz CT molecular complexity index is 508. The highest BCUT2D eigenvalue weighted by atomic mass is 16.4. The predicted molar refractivity (Wildman–Crippen MR) is 66.7 cm³/mol. The Morgan fingerprint density at radius 3 is 2.78 bits per heavy atom. The lowest BCUT2D eigenvalue weighted by atomic mass is 10.0. The fourth-order valence-electron chi connectivity index (χ4n) is 1.72. The van der Waals surface area contributed by atoms with E-state index in [1.165, 1.54) is 0 Å². The smallest absolute Gasteiger partial charge is 0.308 e. The first-order valence-electron chi connectivity index (χ1n) is 6.07. The molecule has 0 amide bonds. The summed E-state index contributed by atoms with van der Waals surface area (Å²) >= 11 is 0. The van der Waals surface area contributed by atoms with E-state index in [1.807, 2.05) is 0 Å². The molecule has 1 aliphatic carbocycles. The van der Waals surface area contributed by atoms with Gasteiger partial charge in [-0.1, -0.05) is 0 Å². The van der Waals surface area contributed by atoms with Crippen LogP contribution in [0.4, 0.5) is 5.82 Å². The van der Waals surface area contributed by atoms with Crippen molar-refractivity contribution in [3.63, 3.8) is 0 Å². The van der Waals surface area contributed by atoms with Gasteiger partial charge in [-0.25, -0.2) is 4.98 Å². The van der Waals surface area contributed by atoms with E-state index in [1.54, 1.807) is 30.8 Å². The zero-order chi connectivity index (χ0) is 13.3. The molecule has 6 heteroatoms. The van der Waals surface area contributed by atoms with Crippen molar-refractivity contribution in [1.82, 2.24) is 9.55 Å². The molecule has 1 fully saturated rings. The zero-order valence-electron chi connectivity index (χ0n) is 10.5. The summed E-state index contributed by atoms with van der Waals surface area (Å²) in [5.74, 6) is -1.25. The van der Waals surface area contributed by atoms with Crippen molar-refractivity contribution in [3.8, 4) is 0 Å². The van der Waals surface area contributed by atoms with Crippen LogP contribution in [0, 0.1) is 5.92 Å². The monoisotopic (exact) mass is 251 g/mol. The summed E-state index contributed by atoms with van der Waals surface area (Å²) in [6.45, 7) is 3.33. The second-order valence-electron chi connectivity index (χ2n) is 4.78. The number of rotatable bonds is 5. The predicted octanol–water partition coefficient (Wildman–Crippen LogP) is 1.10. The molecule has 2 rings (SSSR count). The summed E-state index contributed by atoms with van der Waals surface area (Å²) in [6.07, 6.45) is 5.28. The van der Waals surface area contributed by atoms with Gasteiger partial charge < -0.3 is 15.0 Å². The van der Waals surface area contributed by atoms with E-state index in [9.17, 15) is 9.59 Å². The van der Waals surface area contributed by atoms with Crippen molar-refractivity contribution in [3.05, 3.63) is 22.7 Å². The van der Waals surface area contributed by atoms with E-state index in [-0.39, 0.29) is 23.5 Å². The average Bonchev–Trinajstić information content (AvgIpc) is 3.14. The van der Waals surface area contributed by atoms with Crippen molar-refractivity contribution in [1.29, 1.82) is 0 Å². The van der Waals surface area contributed by atoms with Gasteiger partial charge in [-0.15, -0.1) is 0 Å². The Labute approximate surface area is 105 Å². The fourth-order valence-corrected chi connectivity index (χ4v) is 1.72. The Hall–Kier alpha value is -1.85. The summed E-state index contributed by atoms with van der Waals surface area (Å²) in [6, 6.07) is -0.0639. The molecule has 2 N–H and O–H groups in total. The molecule has 1 aromatic rings. The SMILES string of the molecule is CC(Nc1nccn(C2CC2)c1=O)C(C)C(=O)O. The Morgan fingerprint density at radius 2 is 2.22 bits per heavy atom. The van der Waals surface area contributed by atoms with Crippen LogP contribution in [0.3, 0.4) is 0 Å². The lowest BCUT2D eigenvalue weighted by molar-refractivity contribution is -0.141. The van der Waals surface area contributed by atoms with Gasteiger partial charge in [0.25, 0.3) is 5.56 Å². The highest BCUT2D eigenvalue weighted by Crippen LogP contribution is 2.33. The van der Waals surface area contributed by atoms with Gasteiger partial charge in [0.2, 0.25) is 0 Å². The highest BCUT2D eigenvalue weighted by Gasteiger charge is 2.26. The Kier molecular flexibility index (Phi) is 3.36. The van der Waals surface area contributed by atoms with Crippen LogP contribution in [-0.4, -0.2) is 26.7 Å². The number of carbonyl (C=O) groups is 1. The molecule has 18 heavy (non-hydrogen) atoms. The second kappa shape index (κ2) is 4.80. The molecule has 1 aromatic heterocycles. The molecule has 2 atom stereocenters. The molecule has 1 aliphatic rings. The third-order valence-electron chi connectivity index (χ3n) is 3.31. The molecule has 1 saturated carbocycles. The van der Waals surface area contributed by atoms with Gasteiger partial charge in [-0.2, -0.15) is 0 Å². The normalized spacial score (nSPS) is 18.1. The molecule has 0 spiro atoms. The number of hydrogen-bond donors (Lipinski definition) is 2. The molecule has 2 unspecified atom stereocenters. The Balaban J connectivity index is 2.16. The maximum Gasteiger partial charge on any atom is 0.308 e. The summed E-state index contributed by atoms with van der Waals surface area (Å²) in [4.78, 5) is 26.9. The third-order valence-corrected chi connectivity index (χ3v) is 3.31. The lowest BCUT2D eigenvalue weighted by Crippen LogP contribution is -2.34. The average molecular weight is 251 g/mol. The molecule has 0 saturated heterocycles. The maximum atomic E-state index is 12.1. The number of nitrogens with one attached hydrogen (secondary N) is 1. The maximum absolute atomic E-state index is 12.1. The van der Waals surface area contributed by atoms with E-state index < -0.39 is 11.9 Å². The van der Waals surface area contributed by atoms with Crippen LogP contribution in [-0.2, 0) is 4.79 Å². The van der Waals surface area contributed by atoms with Crippen LogP contribution >= 0.6 is 0 Å². The minimum Gasteiger partial charge on any atom is -0.481 e. The molecule has 98 valence electrons. The number of nitrogens with zero attached hydrogens (tertiary/aromatic N) is 2. The first-order valence-corrected chi connectivity index (χ1v) is 6.07. The van der Waals surface area contributed by atoms with Crippen LogP contribution in [0.15, 0.2) is 17.2 Å². The van der Waals surface area contributed by atoms with Crippen LogP contribution in [0.1, 0.15) is 32.7 Å². The van der Waals surface area contributed by atoms with Gasteiger partial charge >= 0.3 is 5.97 Å². The third kappa shape index (κ3) is 2.52. The van der Waals surface area contributed by atoms with Crippen LogP contribution in [0.2, 0.25) is 0 Å². The number of carboxylic acid groups (broad SMARTS) is 1. The summed E-state index contributed by atoms with van der Waals surface area (Å²) < 4.78 is 1.66. The molecule has 0 radical (unpaired) electrons. The first kappa shape index (κ1) is 12.6. The lowest BCUT2D eigenvalue weighted by Gasteiger charge is -2.18. The molecule has 1 heterocycles. The molecule has 0 aromatic carbocycles. The van der Waals surface area contributed by atoms with E-state index in [2.05, 4.69) is 10.3 Å². The number of anilines is 1. The van der Waals surface area contributed by atoms with Gasteiger partial charge in [0, 0.05) is 24.5 Å². The molecule has 0 bridgehead atoms. The summed E-state index contributed by atoms with van der Waals surface area (Å²) in [5.41, 5.74) is -0.176. The number of carboxylic acids is 1. The molecular weight excluding hydrogens is 234 g/mol. The van der Waals surface area contributed by atoms with E-state index in [0.717, 1.165) is 12.8 Å². The minimum atomic E-state index is -0.895. The van der Waals surface area contributed by atoms with E-state index in [4.69, 9.17) is 5.11 Å². The number of aromatic nitrogens is 2. The standard InChI is InChI=1S/C12H17N3O3/c1-7(12(17)18)8(2)14-10-11(16)15(6-5-13-10)9-3-4-9/h5-9H,3-4H2,1-2H3,(H,13,14)(H,17,18). The van der Waals surface area contributed by atoms with Crippen molar-refractivity contribution in [2.75, 3.05) is 5.32 Å².